The highest BCUT2D eigenvalue weighted by Crippen LogP contribution is 1.99. The lowest BCUT2D eigenvalue weighted by molar-refractivity contribution is -0.145. The molecule has 0 heterocycles. The van der Waals surface area contributed by atoms with Crippen molar-refractivity contribution in [2.45, 2.75) is 19.9 Å². The van der Waals surface area contributed by atoms with Gasteiger partial charge in [-0.15, -0.1) is 0 Å². The Hall–Kier alpha value is -0.610. The predicted octanol–water partition coefficient (Wildman–Crippen LogP) is 0.428. The molecule has 4 nitrogen and oxygen atoms in total. The molecule has 72 valence electrons. The second kappa shape index (κ2) is 5.97. The van der Waals surface area contributed by atoms with E-state index in [-0.39, 0.29) is 6.61 Å². The lowest BCUT2D eigenvalue weighted by Gasteiger charge is -2.25. The molecule has 1 N–H and O–H groups in total. The van der Waals surface area contributed by atoms with Crippen molar-refractivity contribution >= 4 is 5.97 Å². The van der Waals surface area contributed by atoms with Gasteiger partial charge in [0.1, 0.15) is 6.04 Å². The van der Waals surface area contributed by atoms with E-state index in [1.807, 2.05) is 18.7 Å². The first-order valence-electron chi connectivity index (χ1n) is 4.13. The smallest absolute Gasteiger partial charge is 0.323 e. The van der Waals surface area contributed by atoms with Gasteiger partial charge < -0.3 is 9.84 Å². The van der Waals surface area contributed by atoms with Crippen molar-refractivity contribution in [1.29, 1.82) is 0 Å². The summed E-state index contributed by atoms with van der Waals surface area (Å²) in [7, 11) is 1.51. The topological polar surface area (TPSA) is 49.8 Å². The fourth-order valence-corrected chi connectivity index (χ4v) is 1.16. The minimum atomic E-state index is -0.819. The van der Waals surface area contributed by atoms with E-state index in [9.17, 15) is 4.79 Å². The summed E-state index contributed by atoms with van der Waals surface area (Å²) in [4.78, 5) is 12.6. The summed E-state index contributed by atoms with van der Waals surface area (Å²) < 4.78 is 4.83. The van der Waals surface area contributed by atoms with E-state index in [1.54, 1.807) is 0 Å². The lowest BCUT2D eigenvalue weighted by Crippen LogP contribution is -2.43. The Bertz CT molecular complexity index is 134. The van der Waals surface area contributed by atoms with E-state index in [0.29, 0.717) is 0 Å². The van der Waals surface area contributed by atoms with Crippen molar-refractivity contribution in [2.24, 2.45) is 0 Å². The SMILES string of the molecule is CCN(CC)[C@@H](COC)C(=O)O. The molecule has 0 aliphatic rings. The highest BCUT2D eigenvalue weighted by Gasteiger charge is 2.22. The van der Waals surface area contributed by atoms with E-state index in [0.717, 1.165) is 13.1 Å². The minimum absolute atomic E-state index is 0.247. The van der Waals surface area contributed by atoms with Gasteiger partial charge in [0.25, 0.3) is 0 Å². The van der Waals surface area contributed by atoms with Crippen LogP contribution in [0.3, 0.4) is 0 Å². The maximum absolute atomic E-state index is 10.7. The molecular formula is C8H17NO3. The number of methoxy groups -OCH3 is 1. The number of carboxylic acids is 1. The predicted molar refractivity (Wildman–Crippen MR) is 46.2 cm³/mol. The molecule has 0 aliphatic carbocycles. The maximum Gasteiger partial charge on any atom is 0.323 e. The van der Waals surface area contributed by atoms with Crippen molar-refractivity contribution < 1.29 is 14.6 Å². The number of hydrogen-bond acceptors (Lipinski definition) is 3. The van der Waals surface area contributed by atoms with Crippen LogP contribution in [0.15, 0.2) is 0 Å². The van der Waals surface area contributed by atoms with Crippen molar-refractivity contribution in [1.82, 2.24) is 4.90 Å². The van der Waals surface area contributed by atoms with Gasteiger partial charge in [-0.25, -0.2) is 0 Å². The molecule has 0 aromatic rings. The summed E-state index contributed by atoms with van der Waals surface area (Å²) in [5, 5.41) is 8.82. The fraction of sp³-hybridized carbons (Fsp3) is 0.875. The Labute approximate surface area is 73.1 Å². The molecule has 4 heteroatoms. The number of nitrogens with zero attached hydrogens (tertiary/aromatic N) is 1. The Kier molecular flexibility index (Phi) is 5.66. The summed E-state index contributed by atoms with van der Waals surface area (Å²) in [6, 6.07) is -0.509. The first-order valence-corrected chi connectivity index (χ1v) is 4.13. The molecule has 0 aromatic heterocycles. The number of rotatable bonds is 6. The second-order valence-electron chi connectivity index (χ2n) is 2.53. The van der Waals surface area contributed by atoms with Gasteiger partial charge in [-0.05, 0) is 13.1 Å². The van der Waals surface area contributed by atoms with Crippen LogP contribution in [0, 0.1) is 0 Å². The maximum atomic E-state index is 10.7. The summed E-state index contributed by atoms with van der Waals surface area (Å²) in [6.45, 7) is 5.59. The molecule has 0 saturated heterocycles. The van der Waals surface area contributed by atoms with E-state index in [2.05, 4.69) is 0 Å². The molecule has 0 amide bonds. The Morgan fingerprint density at radius 1 is 1.50 bits per heavy atom. The molecule has 0 radical (unpaired) electrons. The minimum Gasteiger partial charge on any atom is -0.480 e. The Morgan fingerprint density at radius 2 is 2.00 bits per heavy atom. The summed E-state index contributed by atoms with van der Waals surface area (Å²) in [5.41, 5.74) is 0. The van der Waals surface area contributed by atoms with Gasteiger partial charge in [0.05, 0.1) is 6.61 Å². The second-order valence-corrected chi connectivity index (χ2v) is 2.53. The average molecular weight is 175 g/mol. The number of ether oxygens (including phenoxy) is 1. The van der Waals surface area contributed by atoms with E-state index >= 15 is 0 Å². The number of likely N-dealkylation sites (N-methyl/N-ethyl adjacent to an activating group) is 1. The van der Waals surface area contributed by atoms with E-state index in [1.165, 1.54) is 7.11 Å². The van der Waals surface area contributed by atoms with Gasteiger partial charge in [0, 0.05) is 7.11 Å². The van der Waals surface area contributed by atoms with Crippen LogP contribution in [-0.2, 0) is 9.53 Å². The van der Waals surface area contributed by atoms with Gasteiger partial charge >= 0.3 is 5.97 Å². The van der Waals surface area contributed by atoms with Crippen molar-refractivity contribution in [3.05, 3.63) is 0 Å². The number of carboxylic acid groups (broad SMARTS) is 1. The number of hydrogen-bond donors (Lipinski definition) is 1. The standard InChI is InChI=1S/C8H17NO3/c1-4-9(5-2)7(6-12-3)8(10)11/h7H,4-6H2,1-3H3,(H,10,11)/t7-/m0/s1. The van der Waals surface area contributed by atoms with Gasteiger partial charge in [0.15, 0.2) is 0 Å². The van der Waals surface area contributed by atoms with Crippen LogP contribution < -0.4 is 0 Å². The van der Waals surface area contributed by atoms with Crippen molar-refractivity contribution in [3.63, 3.8) is 0 Å². The molecule has 0 bridgehead atoms. The fourth-order valence-electron chi connectivity index (χ4n) is 1.16. The third kappa shape index (κ3) is 3.19. The molecule has 0 fully saturated rings. The normalized spacial score (nSPS) is 13.3. The zero-order valence-electron chi connectivity index (χ0n) is 7.91. The molecule has 0 rings (SSSR count). The van der Waals surface area contributed by atoms with Crippen LogP contribution in [0.2, 0.25) is 0 Å². The highest BCUT2D eigenvalue weighted by atomic mass is 16.5. The molecule has 1 atom stereocenters. The molecule has 12 heavy (non-hydrogen) atoms. The van der Waals surface area contributed by atoms with Crippen molar-refractivity contribution in [2.75, 3.05) is 26.8 Å². The van der Waals surface area contributed by atoms with E-state index < -0.39 is 12.0 Å². The highest BCUT2D eigenvalue weighted by molar-refractivity contribution is 5.73. The zero-order valence-corrected chi connectivity index (χ0v) is 7.91. The first kappa shape index (κ1) is 11.4. The van der Waals surface area contributed by atoms with Crippen LogP contribution in [0.5, 0.6) is 0 Å². The van der Waals surface area contributed by atoms with Gasteiger partial charge in [-0.2, -0.15) is 0 Å². The molecule has 0 saturated carbocycles. The monoisotopic (exact) mass is 175 g/mol. The van der Waals surface area contributed by atoms with Crippen LogP contribution in [0.1, 0.15) is 13.8 Å². The van der Waals surface area contributed by atoms with Crippen LogP contribution in [0.25, 0.3) is 0 Å². The van der Waals surface area contributed by atoms with Gasteiger partial charge in [-0.1, -0.05) is 13.8 Å². The quantitative estimate of drug-likeness (QED) is 0.636. The Balaban J connectivity index is 4.15. The largest absolute Gasteiger partial charge is 0.480 e. The molecular weight excluding hydrogens is 158 g/mol. The molecule has 0 spiro atoms. The van der Waals surface area contributed by atoms with Gasteiger partial charge in [0.2, 0.25) is 0 Å². The van der Waals surface area contributed by atoms with Crippen LogP contribution in [0.4, 0.5) is 0 Å². The molecule has 0 aliphatic heterocycles. The third-order valence-electron chi connectivity index (χ3n) is 1.86. The molecule has 0 aromatic carbocycles. The summed E-state index contributed by atoms with van der Waals surface area (Å²) >= 11 is 0. The molecule has 0 unspecified atom stereocenters. The number of carbonyl (C=O) groups is 1. The average Bonchev–Trinajstić information content (AvgIpc) is 2.05. The van der Waals surface area contributed by atoms with E-state index in [4.69, 9.17) is 9.84 Å². The first-order chi connectivity index (χ1) is 5.67. The summed E-state index contributed by atoms with van der Waals surface area (Å²) in [5.74, 6) is -0.819. The van der Waals surface area contributed by atoms with Crippen LogP contribution in [-0.4, -0.2) is 48.8 Å². The number of aliphatic carboxylic acids is 1. The Morgan fingerprint density at radius 3 is 2.25 bits per heavy atom. The lowest BCUT2D eigenvalue weighted by atomic mass is 10.2. The summed E-state index contributed by atoms with van der Waals surface area (Å²) in [6.07, 6.45) is 0. The van der Waals surface area contributed by atoms with Crippen LogP contribution >= 0.6 is 0 Å². The van der Waals surface area contributed by atoms with Crippen molar-refractivity contribution in [3.8, 4) is 0 Å². The van der Waals surface area contributed by atoms with Gasteiger partial charge in [-0.3, -0.25) is 9.69 Å². The third-order valence-corrected chi connectivity index (χ3v) is 1.86. The zero-order chi connectivity index (χ0) is 9.56.